The van der Waals surface area contributed by atoms with Crippen molar-refractivity contribution in [3.05, 3.63) is 48.9 Å². The smallest absolute Gasteiger partial charge is 0.226 e. The summed E-state index contributed by atoms with van der Waals surface area (Å²) in [5.74, 6) is 1.19. The van der Waals surface area contributed by atoms with Gasteiger partial charge in [0.15, 0.2) is 0 Å². The number of pyridine rings is 1. The molecule has 0 saturated carbocycles. The topological polar surface area (TPSA) is 99.2 Å². The van der Waals surface area contributed by atoms with Crippen molar-refractivity contribution >= 4 is 5.91 Å². The Hall–Kier alpha value is -3.07. The second kappa shape index (κ2) is 9.42. The van der Waals surface area contributed by atoms with Gasteiger partial charge in [-0.05, 0) is 31.0 Å². The molecule has 29 heavy (non-hydrogen) atoms. The van der Waals surface area contributed by atoms with Gasteiger partial charge in [0.25, 0.3) is 0 Å². The summed E-state index contributed by atoms with van der Waals surface area (Å²) in [6.45, 7) is 2.62. The first kappa shape index (κ1) is 19.3. The van der Waals surface area contributed by atoms with Crippen LogP contribution < -0.4 is 0 Å². The number of carbonyl (C=O) groups excluding carboxylic acids is 1. The van der Waals surface area contributed by atoms with E-state index < -0.39 is 0 Å². The molecule has 0 aliphatic carbocycles. The highest BCUT2D eigenvalue weighted by Gasteiger charge is 2.23. The van der Waals surface area contributed by atoms with Crippen LogP contribution in [0.3, 0.4) is 0 Å². The third-order valence-electron chi connectivity index (χ3n) is 4.82. The van der Waals surface area contributed by atoms with Crippen molar-refractivity contribution in [2.45, 2.75) is 38.3 Å². The minimum atomic E-state index is -0.0423. The summed E-state index contributed by atoms with van der Waals surface area (Å²) in [4.78, 5) is 23.0. The van der Waals surface area contributed by atoms with Crippen LogP contribution in [0.1, 0.15) is 25.2 Å². The van der Waals surface area contributed by atoms with Gasteiger partial charge >= 0.3 is 0 Å². The average molecular weight is 396 g/mol. The Morgan fingerprint density at radius 3 is 3.07 bits per heavy atom. The van der Waals surface area contributed by atoms with Gasteiger partial charge < -0.3 is 14.2 Å². The molecule has 1 unspecified atom stereocenters. The quantitative estimate of drug-likeness (QED) is 0.602. The molecule has 1 fully saturated rings. The number of carbonyl (C=O) groups is 1. The Labute approximate surface area is 168 Å². The lowest BCUT2D eigenvalue weighted by molar-refractivity contribution is -0.132. The summed E-state index contributed by atoms with van der Waals surface area (Å²) in [6.07, 6.45) is 9.52. The van der Waals surface area contributed by atoms with Gasteiger partial charge in [0, 0.05) is 62.9 Å². The predicted octanol–water partition coefficient (Wildman–Crippen LogP) is 1.97. The zero-order chi connectivity index (χ0) is 19.9. The number of aromatic nitrogens is 5. The Morgan fingerprint density at radius 2 is 2.24 bits per heavy atom. The van der Waals surface area contributed by atoms with E-state index >= 15 is 0 Å². The first-order valence-electron chi connectivity index (χ1n) is 9.88. The summed E-state index contributed by atoms with van der Waals surface area (Å²) >= 11 is 0. The molecule has 152 valence electrons. The van der Waals surface area contributed by atoms with Gasteiger partial charge in [-0.15, -0.1) is 0 Å². The fourth-order valence-electron chi connectivity index (χ4n) is 3.37. The highest BCUT2D eigenvalue weighted by atomic mass is 16.5. The molecule has 1 saturated heterocycles. The van der Waals surface area contributed by atoms with Crippen LogP contribution in [-0.4, -0.2) is 61.5 Å². The molecule has 0 spiro atoms. The van der Waals surface area contributed by atoms with Crippen LogP contribution in [0.25, 0.3) is 11.4 Å². The fourth-order valence-corrected chi connectivity index (χ4v) is 3.37. The normalized spacial score (nSPS) is 17.2. The van der Waals surface area contributed by atoms with Crippen molar-refractivity contribution in [2.24, 2.45) is 0 Å². The first-order valence-corrected chi connectivity index (χ1v) is 9.88. The molecule has 3 aromatic rings. The summed E-state index contributed by atoms with van der Waals surface area (Å²) in [6, 6.07) is 5.59. The SMILES string of the molecule is O=C(CCCc1nc(-c2cccnc2)no1)N1CCCOC(Cn2cccn2)C1. The zero-order valence-corrected chi connectivity index (χ0v) is 16.2. The molecule has 1 atom stereocenters. The molecule has 0 bridgehead atoms. The molecule has 1 amide bonds. The summed E-state index contributed by atoms with van der Waals surface area (Å²) in [7, 11) is 0. The molecule has 3 aromatic heterocycles. The maximum absolute atomic E-state index is 12.7. The number of aryl methyl sites for hydroxylation is 1. The number of rotatable bonds is 7. The number of ether oxygens (including phenoxy) is 1. The standard InChI is InChI=1S/C20H24N6O3/c27-19(25-10-4-12-28-17(14-25)15-26-11-3-9-22-26)7-1-6-18-23-20(24-29-18)16-5-2-8-21-13-16/h2-3,5,8-9,11,13,17H,1,4,6-7,10,12,14-15H2. The largest absolute Gasteiger partial charge is 0.374 e. The van der Waals surface area contributed by atoms with Crippen LogP contribution in [0.15, 0.2) is 47.5 Å². The van der Waals surface area contributed by atoms with Crippen molar-refractivity contribution in [1.29, 1.82) is 0 Å². The van der Waals surface area contributed by atoms with Crippen LogP contribution in [0, 0.1) is 0 Å². The van der Waals surface area contributed by atoms with Crippen LogP contribution in [0.2, 0.25) is 0 Å². The Morgan fingerprint density at radius 1 is 1.28 bits per heavy atom. The van der Waals surface area contributed by atoms with Gasteiger partial charge in [-0.2, -0.15) is 10.1 Å². The molecule has 4 rings (SSSR count). The molecular formula is C20H24N6O3. The van der Waals surface area contributed by atoms with Crippen LogP contribution >= 0.6 is 0 Å². The molecule has 0 aromatic carbocycles. The van der Waals surface area contributed by atoms with Gasteiger partial charge in [-0.3, -0.25) is 14.5 Å². The second-order valence-electron chi connectivity index (χ2n) is 7.02. The van der Waals surface area contributed by atoms with Crippen molar-refractivity contribution in [3.63, 3.8) is 0 Å². The molecule has 0 N–H and O–H groups in total. The highest BCUT2D eigenvalue weighted by Crippen LogP contribution is 2.15. The average Bonchev–Trinajstić information content (AvgIpc) is 3.37. The van der Waals surface area contributed by atoms with E-state index in [9.17, 15) is 4.79 Å². The minimum absolute atomic E-state index is 0.0423. The number of amides is 1. The predicted molar refractivity (Wildman–Crippen MR) is 104 cm³/mol. The minimum Gasteiger partial charge on any atom is -0.374 e. The lowest BCUT2D eigenvalue weighted by Crippen LogP contribution is -2.38. The lowest BCUT2D eigenvalue weighted by Gasteiger charge is -2.24. The van der Waals surface area contributed by atoms with Gasteiger partial charge in [0.05, 0.1) is 12.6 Å². The van der Waals surface area contributed by atoms with Crippen LogP contribution in [-0.2, 0) is 22.5 Å². The van der Waals surface area contributed by atoms with E-state index in [0.717, 1.165) is 18.5 Å². The Balaban J connectivity index is 1.26. The zero-order valence-electron chi connectivity index (χ0n) is 16.2. The van der Waals surface area contributed by atoms with Gasteiger partial charge in [-0.1, -0.05) is 5.16 Å². The van der Waals surface area contributed by atoms with Crippen molar-refractivity contribution < 1.29 is 14.1 Å². The fraction of sp³-hybridized carbons (Fsp3) is 0.450. The van der Waals surface area contributed by atoms with Crippen LogP contribution in [0.4, 0.5) is 0 Å². The van der Waals surface area contributed by atoms with E-state index in [1.807, 2.05) is 34.0 Å². The monoisotopic (exact) mass is 396 g/mol. The summed E-state index contributed by atoms with van der Waals surface area (Å²) in [5, 5.41) is 8.21. The first-order chi connectivity index (χ1) is 14.3. The summed E-state index contributed by atoms with van der Waals surface area (Å²) < 4.78 is 13.0. The van der Waals surface area contributed by atoms with Crippen molar-refractivity contribution in [1.82, 2.24) is 29.8 Å². The van der Waals surface area contributed by atoms with E-state index in [1.54, 1.807) is 18.6 Å². The van der Waals surface area contributed by atoms with Crippen LogP contribution in [0.5, 0.6) is 0 Å². The third-order valence-corrected chi connectivity index (χ3v) is 4.82. The maximum atomic E-state index is 12.7. The van der Waals surface area contributed by atoms with E-state index in [-0.39, 0.29) is 12.0 Å². The Kier molecular flexibility index (Phi) is 6.25. The molecule has 1 aliphatic rings. The van der Waals surface area contributed by atoms with Crippen molar-refractivity contribution in [3.8, 4) is 11.4 Å². The molecule has 0 radical (unpaired) electrons. The number of nitrogens with zero attached hydrogens (tertiary/aromatic N) is 6. The molecule has 1 aliphatic heterocycles. The van der Waals surface area contributed by atoms with E-state index in [1.165, 1.54) is 0 Å². The van der Waals surface area contributed by atoms with Gasteiger partial charge in [0.1, 0.15) is 0 Å². The van der Waals surface area contributed by atoms with Gasteiger partial charge in [0.2, 0.25) is 17.6 Å². The van der Waals surface area contributed by atoms with Crippen molar-refractivity contribution in [2.75, 3.05) is 19.7 Å². The number of hydrogen-bond donors (Lipinski definition) is 0. The van der Waals surface area contributed by atoms with E-state index in [2.05, 4.69) is 20.2 Å². The second-order valence-corrected chi connectivity index (χ2v) is 7.02. The lowest BCUT2D eigenvalue weighted by atomic mass is 10.2. The molecule has 9 nitrogen and oxygen atoms in total. The Bertz CT molecular complexity index is 896. The summed E-state index contributed by atoms with van der Waals surface area (Å²) in [5.41, 5.74) is 0.811. The molecule has 4 heterocycles. The highest BCUT2D eigenvalue weighted by molar-refractivity contribution is 5.76. The maximum Gasteiger partial charge on any atom is 0.226 e. The van der Waals surface area contributed by atoms with E-state index in [4.69, 9.17) is 9.26 Å². The third kappa shape index (κ3) is 5.26. The molecule has 9 heteroatoms. The van der Waals surface area contributed by atoms with E-state index in [0.29, 0.717) is 50.7 Å². The number of hydrogen-bond acceptors (Lipinski definition) is 7. The van der Waals surface area contributed by atoms with Gasteiger partial charge in [-0.25, -0.2) is 0 Å². The molecular weight excluding hydrogens is 372 g/mol.